The second kappa shape index (κ2) is 12.5. The van der Waals surface area contributed by atoms with Crippen LogP contribution in [0.4, 0.5) is 0 Å². The summed E-state index contributed by atoms with van der Waals surface area (Å²) in [5.74, 6) is -0.726. The van der Waals surface area contributed by atoms with Crippen molar-refractivity contribution < 1.29 is 58.5 Å². The van der Waals surface area contributed by atoms with Gasteiger partial charge in [-0.05, 0) is 66.4 Å². The number of ketones is 1. The number of nitrogens with zero attached hydrogens (tertiary/aromatic N) is 2. The summed E-state index contributed by atoms with van der Waals surface area (Å²) in [6.45, 7) is 3.84. The van der Waals surface area contributed by atoms with Crippen LogP contribution in [0.3, 0.4) is 0 Å². The SMILES string of the molecule is COc1cc(CC(C(=O)c2ccc(C)c(C)c2)=C(C(=O)[O-])c2ccc3nsnc3c2)cc(OC)c1OC.[Na+]. The summed E-state index contributed by atoms with van der Waals surface area (Å²) in [5.41, 5.74) is 4.23. The molecule has 3 aromatic carbocycles. The standard InChI is InChI=1S/C28H26N2O6S.Na/c1-15-6-7-19(10-16(15)2)26(31)20(11-17-12-23(34-3)27(36-5)24(13-17)35-4)25(28(32)33)18-8-9-21-22(14-18)30-37-29-21;/h6-10,12-14H,11H2,1-5H3,(H,32,33);/q;+1/p-1. The molecule has 0 aliphatic heterocycles. The summed E-state index contributed by atoms with van der Waals surface area (Å²) in [6, 6.07) is 13.6. The van der Waals surface area contributed by atoms with E-state index in [1.54, 1.807) is 42.5 Å². The molecule has 0 bridgehead atoms. The minimum atomic E-state index is -1.47. The number of benzene rings is 3. The van der Waals surface area contributed by atoms with Crippen LogP contribution < -0.4 is 48.9 Å². The second-order valence-electron chi connectivity index (χ2n) is 8.45. The molecule has 4 rings (SSSR count). The van der Waals surface area contributed by atoms with Crippen LogP contribution in [-0.2, 0) is 11.2 Å². The maximum atomic E-state index is 13.9. The molecule has 0 unspecified atom stereocenters. The number of carboxylic acid groups (broad SMARTS) is 1. The molecule has 4 aromatic rings. The largest absolute Gasteiger partial charge is 1.00 e. The van der Waals surface area contributed by atoms with E-state index in [9.17, 15) is 14.7 Å². The Kier molecular flexibility index (Phi) is 9.67. The molecule has 0 saturated carbocycles. The van der Waals surface area contributed by atoms with Crippen molar-refractivity contribution in [2.45, 2.75) is 20.3 Å². The van der Waals surface area contributed by atoms with Crippen molar-refractivity contribution in [2.75, 3.05) is 21.3 Å². The number of Topliss-reactive ketones (excluding diaryl/α,β-unsaturated/α-hetero) is 1. The second-order valence-corrected chi connectivity index (χ2v) is 8.98. The Labute approximate surface area is 246 Å². The monoisotopic (exact) mass is 540 g/mol. The minimum Gasteiger partial charge on any atom is -0.545 e. The zero-order valence-corrected chi connectivity index (χ0v) is 24.9. The van der Waals surface area contributed by atoms with Crippen molar-refractivity contribution in [1.29, 1.82) is 0 Å². The summed E-state index contributed by atoms with van der Waals surface area (Å²) in [7, 11) is 4.47. The molecule has 0 saturated heterocycles. The number of fused-ring (bicyclic) bond motifs is 1. The van der Waals surface area contributed by atoms with Crippen LogP contribution in [0.15, 0.2) is 54.1 Å². The van der Waals surface area contributed by atoms with Crippen LogP contribution >= 0.6 is 11.7 Å². The first kappa shape index (κ1) is 29.3. The maximum absolute atomic E-state index is 13.9. The molecule has 0 fully saturated rings. The van der Waals surface area contributed by atoms with Crippen LogP contribution in [-0.4, -0.2) is 41.8 Å². The van der Waals surface area contributed by atoms with Crippen LogP contribution in [0.2, 0.25) is 0 Å². The van der Waals surface area contributed by atoms with Gasteiger partial charge >= 0.3 is 29.6 Å². The molecule has 38 heavy (non-hydrogen) atoms. The Bertz CT molecular complexity index is 1520. The number of ether oxygens (including phenoxy) is 3. The maximum Gasteiger partial charge on any atom is 1.00 e. The zero-order chi connectivity index (χ0) is 26.7. The molecule has 0 atom stereocenters. The van der Waals surface area contributed by atoms with Crippen LogP contribution in [0, 0.1) is 13.8 Å². The first-order valence-corrected chi connectivity index (χ1v) is 12.1. The fourth-order valence-corrected chi connectivity index (χ4v) is 4.65. The topological polar surface area (TPSA) is 111 Å². The molecule has 190 valence electrons. The van der Waals surface area contributed by atoms with Gasteiger partial charge in [-0.15, -0.1) is 0 Å². The molecule has 0 spiro atoms. The van der Waals surface area contributed by atoms with E-state index in [0.29, 0.717) is 45.0 Å². The molecule has 1 aromatic heterocycles. The molecule has 10 heteroatoms. The van der Waals surface area contributed by atoms with Crippen molar-refractivity contribution >= 4 is 40.1 Å². The fraction of sp³-hybridized carbons (Fsp3) is 0.214. The van der Waals surface area contributed by atoms with Gasteiger partial charge < -0.3 is 24.1 Å². The van der Waals surface area contributed by atoms with Gasteiger partial charge in [0.05, 0.1) is 39.0 Å². The van der Waals surface area contributed by atoms with Gasteiger partial charge in [0.1, 0.15) is 11.0 Å². The number of rotatable bonds is 9. The number of carbonyl (C=O) groups is 2. The molecular formula is C28H25N2NaO6S. The van der Waals surface area contributed by atoms with E-state index in [1.807, 2.05) is 19.9 Å². The number of methoxy groups -OCH3 is 3. The van der Waals surface area contributed by atoms with Gasteiger partial charge in [-0.2, -0.15) is 8.75 Å². The number of aryl methyl sites for hydroxylation is 2. The molecule has 0 aliphatic carbocycles. The van der Waals surface area contributed by atoms with Crippen LogP contribution in [0.1, 0.15) is 32.6 Å². The van der Waals surface area contributed by atoms with Crippen molar-refractivity contribution in [3.8, 4) is 17.2 Å². The number of aliphatic carboxylic acids is 1. The third-order valence-electron chi connectivity index (χ3n) is 6.20. The van der Waals surface area contributed by atoms with E-state index in [2.05, 4.69) is 8.75 Å². The predicted molar refractivity (Wildman–Crippen MR) is 139 cm³/mol. The number of hydrogen-bond donors (Lipinski definition) is 0. The number of carboxylic acids is 1. The predicted octanol–water partition coefficient (Wildman–Crippen LogP) is 0.967. The molecule has 8 nitrogen and oxygen atoms in total. The molecule has 1 heterocycles. The van der Waals surface area contributed by atoms with Crippen molar-refractivity contribution in [3.63, 3.8) is 0 Å². The fourth-order valence-electron chi connectivity index (χ4n) is 4.13. The Morgan fingerprint density at radius 1 is 0.816 bits per heavy atom. The number of carbonyl (C=O) groups excluding carboxylic acids is 2. The molecule has 0 aliphatic rings. The van der Waals surface area contributed by atoms with E-state index < -0.39 is 11.8 Å². The third kappa shape index (κ3) is 5.91. The summed E-state index contributed by atoms with van der Waals surface area (Å²) < 4.78 is 24.7. The first-order valence-electron chi connectivity index (χ1n) is 11.3. The summed E-state index contributed by atoms with van der Waals surface area (Å²) in [4.78, 5) is 26.5. The quantitative estimate of drug-likeness (QED) is 0.176. The van der Waals surface area contributed by atoms with E-state index in [-0.39, 0.29) is 47.1 Å². The van der Waals surface area contributed by atoms with E-state index in [4.69, 9.17) is 14.2 Å². The van der Waals surface area contributed by atoms with Gasteiger partial charge in [-0.3, -0.25) is 4.79 Å². The number of hydrogen-bond acceptors (Lipinski definition) is 9. The van der Waals surface area contributed by atoms with Gasteiger partial charge in [0, 0.05) is 23.1 Å². The van der Waals surface area contributed by atoms with Gasteiger partial charge in [-0.1, -0.05) is 18.2 Å². The Morgan fingerprint density at radius 2 is 1.45 bits per heavy atom. The van der Waals surface area contributed by atoms with Crippen LogP contribution in [0.5, 0.6) is 17.2 Å². The first-order chi connectivity index (χ1) is 17.8. The van der Waals surface area contributed by atoms with E-state index >= 15 is 0 Å². The van der Waals surface area contributed by atoms with Gasteiger partial charge in [-0.25, -0.2) is 0 Å². The number of allylic oxidation sites excluding steroid dienone is 1. The third-order valence-corrected chi connectivity index (χ3v) is 6.75. The summed E-state index contributed by atoms with van der Waals surface area (Å²) in [6.07, 6.45) is -0.0286. The average molecular weight is 541 g/mol. The molecular weight excluding hydrogens is 515 g/mol. The summed E-state index contributed by atoms with van der Waals surface area (Å²) >= 11 is 1.02. The zero-order valence-electron chi connectivity index (χ0n) is 22.1. The van der Waals surface area contributed by atoms with Crippen molar-refractivity contribution in [2.24, 2.45) is 0 Å². The minimum absolute atomic E-state index is 0. The Hall–Kier alpha value is -3.24. The molecule has 0 amide bonds. The van der Waals surface area contributed by atoms with E-state index in [1.165, 1.54) is 21.3 Å². The Balaban J connectivity index is 0.00000400. The van der Waals surface area contributed by atoms with E-state index in [0.717, 1.165) is 22.9 Å². The summed E-state index contributed by atoms with van der Waals surface area (Å²) in [5, 5.41) is 12.6. The normalized spacial score (nSPS) is 11.4. The Morgan fingerprint density at radius 3 is 2.03 bits per heavy atom. The van der Waals surface area contributed by atoms with Gasteiger partial charge in [0.25, 0.3) is 0 Å². The number of aromatic nitrogens is 2. The van der Waals surface area contributed by atoms with Gasteiger partial charge in [0.2, 0.25) is 5.75 Å². The van der Waals surface area contributed by atoms with Crippen molar-refractivity contribution in [3.05, 3.63) is 81.9 Å². The smallest absolute Gasteiger partial charge is 0.545 e. The van der Waals surface area contributed by atoms with Crippen molar-refractivity contribution in [1.82, 2.24) is 8.75 Å². The molecule has 0 radical (unpaired) electrons. The van der Waals surface area contributed by atoms with Crippen LogP contribution in [0.25, 0.3) is 16.6 Å². The molecule has 0 N–H and O–H groups in total. The van der Waals surface area contributed by atoms with Gasteiger partial charge in [0.15, 0.2) is 17.3 Å². The average Bonchev–Trinajstić information content (AvgIpc) is 3.36.